The van der Waals surface area contributed by atoms with Crippen molar-refractivity contribution in [2.75, 3.05) is 12.0 Å². The highest BCUT2D eigenvalue weighted by molar-refractivity contribution is 7.22. The average Bonchev–Trinajstić information content (AvgIpc) is 3.71. The maximum absolute atomic E-state index is 13.8. The Kier molecular flexibility index (Phi) is 7.25. The monoisotopic (exact) mass is 618 g/mol. The molecule has 226 valence electrons. The normalized spacial score (nSPS) is 18.7. The molecule has 7 rings (SSSR count). The minimum atomic E-state index is -0.966. The van der Waals surface area contributed by atoms with Crippen LogP contribution in [-0.2, 0) is 22.6 Å². The van der Waals surface area contributed by atoms with Crippen LogP contribution in [0.2, 0.25) is 0 Å². The van der Waals surface area contributed by atoms with Crippen LogP contribution in [0.15, 0.2) is 90.5 Å². The van der Waals surface area contributed by atoms with Crippen LogP contribution in [0.3, 0.4) is 0 Å². The highest BCUT2D eigenvalue weighted by Gasteiger charge is 2.48. The number of fused-ring (bicyclic) bond motifs is 2. The zero-order valence-corrected chi connectivity index (χ0v) is 25.8. The summed E-state index contributed by atoms with van der Waals surface area (Å²) in [5.41, 5.74) is 4.68. The highest BCUT2D eigenvalue weighted by atomic mass is 32.1. The van der Waals surface area contributed by atoms with Crippen LogP contribution in [0, 0.1) is 6.92 Å². The fourth-order valence-corrected chi connectivity index (χ4v) is 6.99. The molecule has 1 fully saturated rings. The summed E-state index contributed by atoms with van der Waals surface area (Å²) < 4.78 is 18.5. The Morgan fingerprint density at radius 2 is 1.84 bits per heavy atom. The fraction of sp³-hybridized carbons (Fsp3) is 0.194. The largest absolute Gasteiger partial charge is 0.507 e. The molecule has 0 spiro atoms. The van der Waals surface area contributed by atoms with E-state index in [9.17, 15) is 14.7 Å². The third-order valence-electron chi connectivity index (χ3n) is 8.09. The molecule has 1 aromatic heterocycles. The van der Waals surface area contributed by atoms with E-state index in [1.807, 2.05) is 68.4 Å². The average molecular weight is 619 g/mol. The lowest BCUT2D eigenvalue weighted by Crippen LogP contribution is -2.29. The van der Waals surface area contributed by atoms with Crippen LogP contribution in [0.4, 0.5) is 5.13 Å². The van der Waals surface area contributed by atoms with Gasteiger partial charge < -0.3 is 19.3 Å². The Hall–Kier alpha value is -5.15. The van der Waals surface area contributed by atoms with Crippen molar-refractivity contribution in [3.05, 3.63) is 118 Å². The number of aromatic nitrogens is 1. The standard InChI is InChI=1S/C36H30N2O6S/c1-20-9-12-26-30(15-20)45-36(37-26)38-32(23-10-14-28(29(18-23)42-3)43-19-22-7-5-4-6-8-22)31(34(40)35(38)41)33(39)24-11-13-27-25(17-24)16-21(2)44-27/h4-15,17-18,21,32,39H,16,19H2,1-3H3/t21-,32+/m0/s1. The predicted molar refractivity (Wildman–Crippen MR) is 173 cm³/mol. The van der Waals surface area contributed by atoms with E-state index in [1.165, 1.54) is 23.3 Å². The van der Waals surface area contributed by atoms with Crippen molar-refractivity contribution in [1.29, 1.82) is 0 Å². The van der Waals surface area contributed by atoms with Crippen molar-refractivity contribution in [3.8, 4) is 17.2 Å². The maximum Gasteiger partial charge on any atom is 0.301 e. The van der Waals surface area contributed by atoms with Crippen molar-refractivity contribution in [2.45, 2.75) is 39.0 Å². The van der Waals surface area contributed by atoms with E-state index in [1.54, 1.807) is 30.3 Å². The number of carbonyl (C=O) groups is 2. The lowest BCUT2D eigenvalue weighted by Gasteiger charge is -2.24. The summed E-state index contributed by atoms with van der Waals surface area (Å²) in [6.45, 7) is 4.30. The van der Waals surface area contributed by atoms with Gasteiger partial charge in [0, 0.05) is 12.0 Å². The molecule has 0 unspecified atom stereocenters. The third kappa shape index (κ3) is 5.19. The van der Waals surface area contributed by atoms with Crippen LogP contribution >= 0.6 is 11.3 Å². The van der Waals surface area contributed by atoms with Gasteiger partial charge in [-0.3, -0.25) is 14.5 Å². The van der Waals surface area contributed by atoms with E-state index in [-0.39, 0.29) is 17.4 Å². The number of benzene rings is 4. The number of amides is 1. The minimum Gasteiger partial charge on any atom is -0.507 e. The maximum atomic E-state index is 13.8. The van der Waals surface area contributed by atoms with Gasteiger partial charge in [-0.1, -0.05) is 53.8 Å². The van der Waals surface area contributed by atoms with Crippen LogP contribution in [0.25, 0.3) is 16.0 Å². The van der Waals surface area contributed by atoms with Crippen molar-refractivity contribution in [3.63, 3.8) is 0 Å². The number of ether oxygens (including phenoxy) is 3. The molecule has 0 bridgehead atoms. The first kappa shape index (κ1) is 28.6. The molecule has 0 aliphatic carbocycles. The number of hydrogen-bond donors (Lipinski definition) is 1. The van der Waals surface area contributed by atoms with E-state index in [2.05, 4.69) is 0 Å². The van der Waals surface area contributed by atoms with Crippen LogP contribution in [0.5, 0.6) is 17.2 Å². The number of Topliss-reactive ketones (excluding diaryl/α,β-unsaturated/α-hetero) is 1. The van der Waals surface area contributed by atoms with Gasteiger partial charge in [0.1, 0.15) is 24.2 Å². The summed E-state index contributed by atoms with van der Waals surface area (Å²) in [5, 5.41) is 12.1. The molecule has 0 radical (unpaired) electrons. The molecule has 9 heteroatoms. The molecule has 1 saturated heterocycles. The lowest BCUT2D eigenvalue weighted by atomic mass is 9.94. The second kappa shape index (κ2) is 11.4. The van der Waals surface area contributed by atoms with Gasteiger partial charge in [0.05, 0.1) is 28.9 Å². The van der Waals surface area contributed by atoms with Crippen LogP contribution in [-0.4, -0.2) is 35.0 Å². The summed E-state index contributed by atoms with van der Waals surface area (Å²) >= 11 is 1.32. The summed E-state index contributed by atoms with van der Waals surface area (Å²) in [7, 11) is 1.54. The van der Waals surface area contributed by atoms with E-state index in [0.717, 1.165) is 32.7 Å². The molecule has 3 heterocycles. The van der Waals surface area contributed by atoms with Gasteiger partial charge in [-0.15, -0.1) is 0 Å². The number of anilines is 1. The van der Waals surface area contributed by atoms with E-state index >= 15 is 0 Å². The summed E-state index contributed by atoms with van der Waals surface area (Å²) in [6, 6.07) is 25.3. The minimum absolute atomic E-state index is 0.0146. The molecule has 4 aromatic carbocycles. The number of hydrogen-bond acceptors (Lipinski definition) is 8. The molecule has 8 nitrogen and oxygen atoms in total. The summed E-state index contributed by atoms with van der Waals surface area (Å²) in [6.07, 6.45) is 0.696. The third-order valence-corrected chi connectivity index (χ3v) is 9.11. The summed E-state index contributed by atoms with van der Waals surface area (Å²) in [4.78, 5) is 33.7. The van der Waals surface area contributed by atoms with Gasteiger partial charge in [0.2, 0.25) is 0 Å². The van der Waals surface area contributed by atoms with E-state index in [4.69, 9.17) is 19.2 Å². The highest BCUT2D eigenvalue weighted by Crippen LogP contribution is 2.46. The van der Waals surface area contributed by atoms with E-state index in [0.29, 0.717) is 40.8 Å². The molecule has 0 saturated carbocycles. The molecule has 2 aliphatic rings. The second-order valence-corrected chi connectivity index (χ2v) is 12.3. The smallest absolute Gasteiger partial charge is 0.301 e. The van der Waals surface area contributed by atoms with Crippen molar-refractivity contribution >= 4 is 44.1 Å². The first-order chi connectivity index (χ1) is 21.8. The number of methoxy groups -OCH3 is 1. The molecule has 1 N–H and O–H groups in total. The Balaban J connectivity index is 1.35. The van der Waals surface area contributed by atoms with Crippen molar-refractivity contribution < 1.29 is 28.9 Å². The number of carbonyl (C=O) groups excluding carboxylic acids is 2. The zero-order valence-electron chi connectivity index (χ0n) is 24.9. The zero-order chi connectivity index (χ0) is 31.2. The fourth-order valence-electron chi connectivity index (χ4n) is 5.90. The first-order valence-electron chi connectivity index (χ1n) is 14.6. The first-order valence-corrected chi connectivity index (χ1v) is 15.4. The number of aliphatic hydroxyl groups excluding tert-OH is 1. The molecule has 45 heavy (non-hydrogen) atoms. The van der Waals surface area contributed by atoms with Gasteiger partial charge in [0.25, 0.3) is 5.78 Å². The topological polar surface area (TPSA) is 98.2 Å². The Morgan fingerprint density at radius 3 is 2.64 bits per heavy atom. The van der Waals surface area contributed by atoms with Gasteiger partial charge in [-0.2, -0.15) is 0 Å². The second-order valence-electron chi connectivity index (χ2n) is 11.3. The number of nitrogens with zero attached hydrogens (tertiary/aromatic N) is 2. The molecular formula is C36H30N2O6S. The molecule has 1 amide bonds. The number of ketones is 1. The van der Waals surface area contributed by atoms with Gasteiger partial charge in [-0.25, -0.2) is 4.98 Å². The number of aliphatic hydroxyl groups is 1. The Labute approximate surface area is 264 Å². The molecule has 5 aromatic rings. The Bertz CT molecular complexity index is 2000. The summed E-state index contributed by atoms with van der Waals surface area (Å²) in [5.74, 6) is -0.136. The van der Waals surface area contributed by atoms with Gasteiger partial charge in [0.15, 0.2) is 16.6 Å². The molecule has 2 aliphatic heterocycles. The van der Waals surface area contributed by atoms with E-state index < -0.39 is 17.7 Å². The van der Waals surface area contributed by atoms with Crippen LogP contribution < -0.4 is 19.1 Å². The van der Waals surface area contributed by atoms with Crippen LogP contribution in [0.1, 0.15) is 40.8 Å². The molecular weight excluding hydrogens is 588 g/mol. The number of thiazole rings is 1. The van der Waals surface area contributed by atoms with Gasteiger partial charge in [-0.05, 0) is 78.6 Å². The van der Waals surface area contributed by atoms with Crippen molar-refractivity contribution in [1.82, 2.24) is 4.98 Å². The Morgan fingerprint density at radius 1 is 1.02 bits per heavy atom. The van der Waals surface area contributed by atoms with Gasteiger partial charge >= 0.3 is 5.91 Å². The number of aryl methyl sites for hydroxylation is 1. The lowest BCUT2D eigenvalue weighted by molar-refractivity contribution is -0.132. The predicted octanol–water partition coefficient (Wildman–Crippen LogP) is 7.14. The van der Waals surface area contributed by atoms with Crippen molar-refractivity contribution in [2.24, 2.45) is 0 Å². The quantitative estimate of drug-likeness (QED) is 0.118. The molecule has 2 atom stereocenters. The SMILES string of the molecule is COc1cc([C@@H]2C(=C(O)c3ccc4c(c3)C[C@H](C)O4)C(=O)C(=O)N2c2nc3ccc(C)cc3s2)ccc1OCc1ccccc1. The number of rotatable bonds is 7.